The van der Waals surface area contributed by atoms with Crippen LogP contribution in [0.15, 0.2) is 78.7 Å². The molecule has 0 saturated heterocycles. The van der Waals surface area contributed by atoms with Crippen LogP contribution in [-0.2, 0) is 6.42 Å². The Labute approximate surface area is 174 Å². The summed E-state index contributed by atoms with van der Waals surface area (Å²) in [6.45, 7) is 1.32. The van der Waals surface area contributed by atoms with Gasteiger partial charge in [-0.05, 0) is 36.7 Å². The number of aliphatic hydroxyl groups excluding tert-OH is 1. The molecule has 1 aromatic carbocycles. The molecule has 29 heavy (non-hydrogen) atoms. The van der Waals surface area contributed by atoms with Gasteiger partial charge in [0.15, 0.2) is 0 Å². The minimum atomic E-state index is -0.537. The average molecular weight is 403 g/mol. The Morgan fingerprint density at radius 3 is 2.45 bits per heavy atom. The lowest BCUT2D eigenvalue weighted by atomic mass is 10.1. The van der Waals surface area contributed by atoms with Gasteiger partial charge in [0.2, 0.25) is 0 Å². The zero-order valence-corrected chi connectivity index (χ0v) is 16.7. The molecule has 5 nitrogen and oxygen atoms in total. The minimum Gasteiger partial charge on any atom is -0.387 e. The molecule has 1 unspecified atom stereocenters. The van der Waals surface area contributed by atoms with Gasteiger partial charge in [0.05, 0.1) is 11.8 Å². The van der Waals surface area contributed by atoms with Crippen LogP contribution >= 0.6 is 11.3 Å². The lowest BCUT2D eigenvalue weighted by molar-refractivity contribution is 0.174. The van der Waals surface area contributed by atoms with Crippen molar-refractivity contribution >= 4 is 11.3 Å². The fourth-order valence-electron chi connectivity index (χ4n) is 3.03. The normalized spacial score (nSPS) is 12.0. The van der Waals surface area contributed by atoms with Crippen LogP contribution in [0.25, 0.3) is 21.8 Å². The van der Waals surface area contributed by atoms with Crippen LogP contribution in [0.5, 0.6) is 0 Å². The standard InChI is InChI=1S/C23H22N4OS/c28-22(19-3-1-10-24-13-19)15-26-12-9-17-5-7-18(8-6-17)21-16-29-23(27-21)20-4-2-11-25-14-20/h1-8,10-11,13-14,16,22,26,28H,9,12,15H2. The van der Waals surface area contributed by atoms with E-state index in [-0.39, 0.29) is 0 Å². The van der Waals surface area contributed by atoms with Crippen molar-refractivity contribution in [3.05, 3.63) is 89.8 Å². The predicted molar refractivity (Wildman–Crippen MR) is 117 cm³/mol. The van der Waals surface area contributed by atoms with Crippen LogP contribution < -0.4 is 5.32 Å². The number of aliphatic hydroxyl groups is 1. The van der Waals surface area contributed by atoms with E-state index in [0.717, 1.165) is 40.4 Å². The van der Waals surface area contributed by atoms with Gasteiger partial charge in [-0.15, -0.1) is 11.3 Å². The van der Waals surface area contributed by atoms with Gasteiger partial charge in [-0.25, -0.2) is 4.98 Å². The van der Waals surface area contributed by atoms with Gasteiger partial charge < -0.3 is 10.4 Å². The van der Waals surface area contributed by atoms with E-state index in [1.165, 1.54) is 5.56 Å². The zero-order valence-electron chi connectivity index (χ0n) is 15.9. The molecule has 146 valence electrons. The Bertz CT molecular complexity index is 1020. The van der Waals surface area contributed by atoms with Gasteiger partial charge in [-0.2, -0.15) is 0 Å². The predicted octanol–water partition coefficient (Wildman–Crippen LogP) is 4.13. The second-order valence-electron chi connectivity index (χ2n) is 6.73. The second-order valence-corrected chi connectivity index (χ2v) is 7.59. The van der Waals surface area contributed by atoms with Crippen molar-refractivity contribution in [1.82, 2.24) is 20.3 Å². The summed E-state index contributed by atoms with van der Waals surface area (Å²) < 4.78 is 0. The smallest absolute Gasteiger partial charge is 0.125 e. The number of hydrogen-bond donors (Lipinski definition) is 2. The van der Waals surface area contributed by atoms with Crippen molar-refractivity contribution in [3.63, 3.8) is 0 Å². The van der Waals surface area contributed by atoms with Crippen molar-refractivity contribution < 1.29 is 5.11 Å². The Morgan fingerprint density at radius 2 is 1.72 bits per heavy atom. The van der Waals surface area contributed by atoms with Gasteiger partial charge in [0.1, 0.15) is 5.01 Å². The Balaban J connectivity index is 1.29. The van der Waals surface area contributed by atoms with Crippen LogP contribution in [-0.4, -0.2) is 33.1 Å². The molecule has 1 atom stereocenters. The Kier molecular flexibility index (Phi) is 6.36. The van der Waals surface area contributed by atoms with Gasteiger partial charge >= 0.3 is 0 Å². The van der Waals surface area contributed by atoms with Crippen molar-refractivity contribution in [2.24, 2.45) is 0 Å². The number of thiazole rings is 1. The highest BCUT2D eigenvalue weighted by molar-refractivity contribution is 7.13. The molecule has 0 aliphatic rings. The first-order valence-electron chi connectivity index (χ1n) is 9.53. The maximum Gasteiger partial charge on any atom is 0.125 e. The lowest BCUT2D eigenvalue weighted by Gasteiger charge is -2.11. The quantitative estimate of drug-likeness (QED) is 0.434. The number of benzene rings is 1. The lowest BCUT2D eigenvalue weighted by Crippen LogP contribution is -2.23. The molecule has 6 heteroatoms. The van der Waals surface area contributed by atoms with Crippen molar-refractivity contribution in [3.8, 4) is 21.8 Å². The third-order valence-electron chi connectivity index (χ3n) is 4.66. The highest BCUT2D eigenvalue weighted by atomic mass is 32.1. The number of rotatable bonds is 8. The monoisotopic (exact) mass is 402 g/mol. The van der Waals surface area contributed by atoms with E-state index >= 15 is 0 Å². The molecule has 0 spiro atoms. The zero-order chi connectivity index (χ0) is 19.9. The van der Waals surface area contributed by atoms with Crippen LogP contribution in [0.4, 0.5) is 0 Å². The summed E-state index contributed by atoms with van der Waals surface area (Å²) in [5.41, 5.74) is 5.22. The Hall–Kier alpha value is -2.93. The molecule has 3 aromatic heterocycles. The van der Waals surface area contributed by atoms with E-state index in [2.05, 4.69) is 44.9 Å². The van der Waals surface area contributed by atoms with Crippen LogP contribution in [0.2, 0.25) is 0 Å². The van der Waals surface area contributed by atoms with E-state index in [0.29, 0.717) is 6.54 Å². The summed E-state index contributed by atoms with van der Waals surface area (Å²) >= 11 is 1.63. The molecule has 0 radical (unpaired) electrons. The fraction of sp³-hybridized carbons (Fsp3) is 0.174. The SMILES string of the molecule is OC(CNCCc1ccc(-c2csc(-c3cccnc3)n2)cc1)c1cccnc1. The first-order chi connectivity index (χ1) is 14.3. The maximum atomic E-state index is 10.2. The third kappa shape index (κ3) is 5.12. The molecule has 0 aliphatic carbocycles. The van der Waals surface area contributed by atoms with E-state index < -0.39 is 6.10 Å². The van der Waals surface area contributed by atoms with Gasteiger partial charge in [-0.1, -0.05) is 30.3 Å². The minimum absolute atomic E-state index is 0.514. The van der Waals surface area contributed by atoms with Crippen molar-refractivity contribution in [1.29, 1.82) is 0 Å². The maximum absolute atomic E-state index is 10.2. The summed E-state index contributed by atoms with van der Waals surface area (Å²) in [5, 5.41) is 16.5. The molecule has 0 aliphatic heterocycles. The summed E-state index contributed by atoms with van der Waals surface area (Å²) in [5.74, 6) is 0. The number of nitrogens with one attached hydrogen (secondary N) is 1. The van der Waals surface area contributed by atoms with Gasteiger partial charge in [0, 0.05) is 53.4 Å². The summed E-state index contributed by atoms with van der Waals surface area (Å²) in [6.07, 6.45) is 7.37. The van der Waals surface area contributed by atoms with Gasteiger partial charge in [-0.3, -0.25) is 9.97 Å². The van der Waals surface area contributed by atoms with E-state index in [1.54, 1.807) is 29.9 Å². The third-order valence-corrected chi connectivity index (χ3v) is 5.55. The highest BCUT2D eigenvalue weighted by Crippen LogP contribution is 2.28. The van der Waals surface area contributed by atoms with Crippen molar-refractivity contribution in [2.45, 2.75) is 12.5 Å². The van der Waals surface area contributed by atoms with Gasteiger partial charge in [0.25, 0.3) is 0 Å². The number of pyridine rings is 2. The number of nitrogens with zero attached hydrogens (tertiary/aromatic N) is 3. The fourth-order valence-corrected chi connectivity index (χ4v) is 3.85. The number of hydrogen-bond acceptors (Lipinski definition) is 6. The first-order valence-corrected chi connectivity index (χ1v) is 10.4. The molecule has 0 amide bonds. The molecule has 0 bridgehead atoms. The molecule has 0 fully saturated rings. The second kappa shape index (κ2) is 9.52. The summed E-state index contributed by atoms with van der Waals surface area (Å²) in [4.78, 5) is 12.9. The molecule has 3 heterocycles. The van der Waals surface area contributed by atoms with Crippen LogP contribution in [0, 0.1) is 0 Å². The van der Waals surface area contributed by atoms with E-state index in [4.69, 9.17) is 4.98 Å². The molecular formula is C23H22N4OS. The number of aromatic nitrogens is 3. The Morgan fingerprint density at radius 1 is 0.931 bits per heavy atom. The van der Waals surface area contributed by atoms with Crippen LogP contribution in [0.3, 0.4) is 0 Å². The summed E-state index contributed by atoms with van der Waals surface area (Å²) in [7, 11) is 0. The van der Waals surface area contributed by atoms with Crippen molar-refractivity contribution in [2.75, 3.05) is 13.1 Å². The average Bonchev–Trinajstić information content (AvgIpc) is 3.28. The topological polar surface area (TPSA) is 70.9 Å². The molecular weight excluding hydrogens is 380 g/mol. The largest absolute Gasteiger partial charge is 0.387 e. The van der Waals surface area contributed by atoms with Crippen LogP contribution in [0.1, 0.15) is 17.2 Å². The summed E-state index contributed by atoms with van der Waals surface area (Å²) in [6, 6.07) is 16.2. The molecule has 4 aromatic rings. The molecule has 0 saturated carbocycles. The van der Waals surface area contributed by atoms with E-state index in [9.17, 15) is 5.11 Å². The molecule has 2 N–H and O–H groups in total. The van der Waals surface area contributed by atoms with E-state index in [1.807, 2.05) is 30.5 Å². The first kappa shape index (κ1) is 19.4. The highest BCUT2D eigenvalue weighted by Gasteiger charge is 2.08. The molecule has 4 rings (SSSR count).